The second kappa shape index (κ2) is 5.48. The van der Waals surface area contributed by atoms with E-state index in [2.05, 4.69) is 4.98 Å². The van der Waals surface area contributed by atoms with Crippen molar-refractivity contribution >= 4 is 0 Å². The van der Waals surface area contributed by atoms with Gasteiger partial charge in [0.15, 0.2) is 11.6 Å². The molecule has 0 bridgehead atoms. The molecule has 1 aliphatic rings. The topological polar surface area (TPSA) is 33.1 Å². The molecule has 2 nitrogen and oxygen atoms in total. The normalized spacial score (nSPS) is 19.1. The summed E-state index contributed by atoms with van der Waals surface area (Å²) in [4.78, 5) is 4.27. The molecule has 0 spiro atoms. The van der Waals surface area contributed by atoms with Crippen molar-refractivity contribution < 1.29 is 18.3 Å². The molecule has 2 atom stereocenters. The number of rotatable bonds is 2. The van der Waals surface area contributed by atoms with Crippen molar-refractivity contribution in [2.24, 2.45) is 0 Å². The van der Waals surface area contributed by atoms with Crippen LogP contribution < -0.4 is 0 Å². The summed E-state index contributed by atoms with van der Waals surface area (Å²) >= 11 is 0. The van der Waals surface area contributed by atoms with Gasteiger partial charge in [-0.2, -0.15) is 0 Å². The number of halogens is 3. The molecule has 0 amide bonds. The average molecular weight is 293 g/mol. The Hall–Kier alpha value is -1.88. The van der Waals surface area contributed by atoms with Gasteiger partial charge in [0.2, 0.25) is 0 Å². The van der Waals surface area contributed by atoms with Crippen LogP contribution in [0.5, 0.6) is 0 Å². The van der Waals surface area contributed by atoms with Crippen LogP contribution >= 0.6 is 0 Å². The Morgan fingerprint density at radius 2 is 1.90 bits per heavy atom. The van der Waals surface area contributed by atoms with Gasteiger partial charge in [0.1, 0.15) is 5.82 Å². The Bertz CT molecular complexity index is 675. The summed E-state index contributed by atoms with van der Waals surface area (Å²) in [5, 5.41) is 10.4. The predicted octanol–water partition coefficient (Wildman–Crippen LogP) is 3.65. The molecule has 1 heterocycles. The molecule has 0 saturated carbocycles. The zero-order valence-corrected chi connectivity index (χ0v) is 11.2. The number of hydrogen-bond donors (Lipinski definition) is 1. The molecule has 0 saturated heterocycles. The molecule has 0 fully saturated rings. The van der Waals surface area contributed by atoms with E-state index in [4.69, 9.17) is 0 Å². The quantitative estimate of drug-likeness (QED) is 0.857. The number of aliphatic hydroxyl groups is 1. The molecule has 21 heavy (non-hydrogen) atoms. The number of pyridine rings is 1. The Morgan fingerprint density at radius 3 is 2.71 bits per heavy atom. The van der Waals surface area contributed by atoms with Crippen molar-refractivity contribution in [3.63, 3.8) is 0 Å². The number of benzene rings is 1. The molecule has 0 radical (unpaired) electrons. The Morgan fingerprint density at radius 1 is 1.14 bits per heavy atom. The fraction of sp³-hybridized carbons (Fsp3) is 0.312. The second-order valence-corrected chi connectivity index (χ2v) is 5.28. The lowest BCUT2D eigenvalue weighted by molar-refractivity contribution is 0.129. The molecule has 110 valence electrons. The number of aromatic nitrogens is 1. The Kier molecular flexibility index (Phi) is 3.68. The summed E-state index contributed by atoms with van der Waals surface area (Å²) in [5.41, 5.74) is 1.49. The Balaban J connectivity index is 2.00. The van der Waals surface area contributed by atoms with Crippen molar-refractivity contribution in [1.29, 1.82) is 0 Å². The first-order valence-corrected chi connectivity index (χ1v) is 6.84. The molecule has 5 heteroatoms. The number of aliphatic hydroxyl groups excluding tert-OH is 1. The van der Waals surface area contributed by atoms with E-state index < -0.39 is 29.5 Å². The average Bonchev–Trinajstić information content (AvgIpc) is 2.49. The highest BCUT2D eigenvalue weighted by molar-refractivity contribution is 5.31. The number of hydrogen-bond acceptors (Lipinski definition) is 2. The van der Waals surface area contributed by atoms with Gasteiger partial charge in [-0.05, 0) is 37.0 Å². The maximum absolute atomic E-state index is 13.8. The van der Waals surface area contributed by atoms with E-state index >= 15 is 0 Å². The molecule has 1 N–H and O–H groups in total. The van der Waals surface area contributed by atoms with Crippen LogP contribution in [0.2, 0.25) is 0 Å². The highest BCUT2D eigenvalue weighted by Crippen LogP contribution is 2.40. The van der Waals surface area contributed by atoms with Gasteiger partial charge >= 0.3 is 0 Å². The van der Waals surface area contributed by atoms with Crippen LogP contribution in [-0.4, -0.2) is 10.1 Å². The largest absolute Gasteiger partial charge is 0.388 e. The minimum Gasteiger partial charge on any atom is -0.388 e. The lowest BCUT2D eigenvalue weighted by Gasteiger charge is -2.28. The van der Waals surface area contributed by atoms with Gasteiger partial charge in [-0.1, -0.05) is 6.07 Å². The van der Waals surface area contributed by atoms with E-state index in [0.717, 1.165) is 24.5 Å². The van der Waals surface area contributed by atoms with Crippen molar-refractivity contribution in [2.75, 3.05) is 0 Å². The third-order valence-electron chi connectivity index (χ3n) is 3.98. The van der Waals surface area contributed by atoms with E-state index in [1.165, 1.54) is 0 Å². The third kappa shape index (κ3) is 2.53. The summed E-state index contributed by atoms with van der Waals surface area (Å²) in [6.07, 6.45) is 2.70. The molecular weight excluding hydrogens is 279 g/mol. The zero-order chi connectivity index (χ0) is 15.0. The van der Waals surface area contributed by atoms with E-state index in [1.54, 1.807) is 6.20 Å². The lowest BCUT2D eigenvalue weighted by Crippen LogP contribution is -2.19. The lowest BCUT2D eigenvalue weighted by atomic mass is 9.81. The number of aryl methyl sites for hydroxylation is 1. The second-order valence-electron chi connectivity index (χ2n) is 5.28. The fourth-order valence-corrected chi connectivity index (χ4v) is 2.93. The predicted molar refractivity (Wildman–Crippen MR) is 71.2 cm³/mol. The van der Waals surface area contributed by atoms with Crippen molar-refractivity contribution in [3.8, 4) is 0 Å². The van der Waals surface area contributed by atoms with Gasteiger partial charge in [0, 0.05) is 29.4 Å². The SMILES string of the molecule is OC(c1cc(F)c(F)cc1F)C1CCCc2cccnc21. The Labute approximate surface area is 120 Å². The van der Waals surface area contributed by atoms with Crippen LogP contribution in [0.4, 0.5) is 13.2 Å². The molecule has 2 aromatic rings. The minimum absolute atomic E-state index is 0.225. The van der Waals surface area contributed by atoms with Gasteiger partial charge in [-0.15, -0.1) is 0 Å². The molecule has 2 unspecified atom stereocenters. The summed E-state index contributed by atoms with van der Waals surface area (Å²) in [6.45, 7) is 0. The highest BCUT2D eigenvalue weighted by atomic mass is 19.2. The first kappa shape index (κ1) is 14.1. The van der Waals surface area contributed by atoms with Gasteiger partial charge in [0.25, 0.3) is 0 Å². The summed E-state index contributed by atoms with van der Waals surface area (Å²) in [6, 6.07) is 4.93. The van der Waals surface area contributed by atoms with Crippen LogP contribution in [0.3, 0.4) is 0 Å². The van der Waals surface area contributed by atoms with Crippen molar-refractivity contribution in [1.82, 2.24) is 4.98 Å². The van der Waals surface area contributed by atoms with E-state index in [9.17, 15) is 18.3 Å². The smallest absolute Gasteiger partial charge is 0.161 e. The maximum Gasteiger partial charge on any atom is 0.161 e. The first-order chi connectivity index (χ1) is 10.1. The number of fused-ring (bicyclic) bond motifs is 1. The van der Waals surface area contributed by atoms with Crippen LogP contribution in [0.1, 0.15) is 41.7 Å². The molecule has 0 aliphatic heterocycles. The van der Waals surface area contributed by atoms with Gasteiger partial charge < -0.3 is 5.11 Å². The monoisotopic (exact) mass is 293 g/mol. The molecule has 3 rings (SSSR count). The minimum atomic E-state index is -1.26. The summed E-state index contributed by atoms with van der Waals surface area (Å²) in [5.74, 6) is -3.77. The van der Waals surface area contributed by atoms with Crippen LogP contribution in [0.25, 0.3) is 0 Å². The van der Waals surface area contributed by atoms with E-state index in [0.29, 0.717) is 18.2 Å². The first-order valence-electron chi connectivity index (χ1n) is 6.84. The van der Waals surface area contributed by atoms with Crippen LogP contribution in [-0.2, 0) is 6.42 Å². The molecular formula is C16H14F3NO. The summed E-state index contributed by atoms with van der Waals surface area (Å²) < 4.78 is 40.1. The standard InChI is InChI=1S/C16H14F3NO/c17-12-8-14(19)13(18)7-11(12)16(21)10-5-1-3-9-4-2-6-20-15(9)10/h2,4,6-8,10,16,21H,1,3,5H2. The van der Waals surface area contributed by atoms with Gasteiger partial charge in [0.05, 0.1) is 6.10 Å². The van der Waals surface area contributed by atoms with E-state index in [1.807, 2.05) is 12.1 Å². The van der Waals surface area contributed by atoms with E-state index in [-0.39, 0.29) is 5.56 Å². The molecule has 1 aromatic carbocycles. The summed E-state index contributed by atoms with van der Waals surface area (Å²) in [7, 11) is 0. The van der Waals surface area contributed by atoms with Gasteiger partial charge in [-0.3, -0.25) is 4.98 Å². The van der Waals surface area contributed by atoms with Crippen LogP contribution in [0.15, 0.2) is 30.5 Å². The van der Waals surface area contributed by atoms with Gasteiger partial charge in [-0.25, -0.2) is 13.2 Å². The highest BCUT2D eigenvalue weighted by Gasteiger charge is 2.31. The zero-order valence-electron chi connectivity index (χ0n) is 11.2. The number of nitrogens with zero attached hydrogens (tertiary/aromatic N) is 1. The third-order valence-corrected chi connectivity index (χ3v) is 3.98. The van der Waals surface area contributed by atoms with Crippen molar-refractivity contribution in [3.05, 3.63) is 64.7 Å². The fourth-order valence-electron chi connectivity index (χ4n) is 2.93. The molecule has 1 aliphatic carbocycles. The molecule has 1 aromatic heterocycles. The van der Waals surface area contributed by atoms with Crippen LogP contribution in [0, 0.1) is 17.5 Å². The maximum atomic E-state index is 13.8. The van der Waals surface area contributed by atoms with Crippen molar-refractivity contribution in [2.45, 2.75) is 31.3 Å².